The molecule has 0 aliphatic rings. The summed E-state index contributed by atoms with van der Waals surface area (Å²) in [5.41, 5.74) is 0.253. The number of ether oxygens (including phenoxy) is 1. The molecule has 0 amide bonds. The van der Waals surface area contributed by atoms with E-state index in [9.17, 15) is 18.0 Å². The number of aromatic nitrogens is 2. The summed E-state index contributed by atoms with van der Waals surface area (Å²) in [4.78, 5) is 11.9. The van der Waals surface area contributed by atoms with E-state index in [-0.39, 0.29) is 11.3 Å². The van der Waals surface area contributed by atoms with E-state index in [2.05, 4.69) is 10.4 Å². The third-order valence-corrected chi connectivity index (χ3v) is 3.86. The van der Waals surface area contributed by atoms with E-state index in [1.807, 2.05) is 0 Å². The molecule has 140 valence electrons. The molecular formula is C19H16F3N3O2. The summed E-state index contributed by atoms with van der Waals surface area (Å²) in [6, 6.07) is 13.3. The van der Waals surface area contributed by atoms with Gasteiger partial charge in [-0.1, -0.05) is 24.3 Å². The Hall–Kier alpha value is -3.29. The van der Waals surface area contributed by atoms with Crippen molar-refractivity contribution in [3.05, 3.63) is 71.4 Å². The fourth-order valence-electron chi connectivity index (χ4n) is 2.69. The third kappa shape index (κ3) is 3.79. The third-order valence-electron chi connectivity index (χ3n) is 3.86. The smallest absolute Gasteiger partial charge is 0.418 e. The number of aryl methyl sites for hydroxylation is 1. The number of carbonyl (C=O) groups excluding carboxylic acids is 1. The quantitative estimate of drug-likeness (QED) is 0.670. The summed E-state index contributed by atoms with van der Waals surface area (Å²) in [6.07, 6.45) is -4.53. The highest BCUT2D eigenvalue weighted by Gasteiger charge is 2.34. The van der Waals surface area contributed by atoms with Crippen LogP contribution in [0.15, 0.2) is 54.6 Å². The predicted octanol–water partition coefficient (Wildman–Crippen LogP) is 4.73. The van der Waals surface area contributed by atoms with Crippen LogP contribution in [0.2, 0.25) is 0 Å². The van der Waals surface area contributed by atoms with Gasteiger partial charge in [0.25, 0.3) is 0 Å². The number of nitrogens with one attached hydrogen (secondary N) is 1. The minimum atomic E-state index is -4.53. The number of nitrogens with zero attached hydrogens (tertiary/aromatic N) is 2. The van der Waals surface area contributed by atoms with Crippen molar-refractivity contribution in [2.24, 2.45) is 0 Å². The van der Waals surface area contributed by atoms with Crippen molar-refractivity contribution in [3.8, 4) is 5.69 Å². The Balaban J connectivity index is 2.09. The lowest BCUT2D eigenvalue weighted by molar-refractivity contribution is -0.137. The zero-order chi connectivity index (χ0) is 19.6. The monoisotopic (exact) mass is 375 g/mol. The topological polar surface area (TPSA) is 56.1 Å². The van der Waals surface area contributed by atoms with E-state index in [1.165, 1.54) is 30.0 Å². The fourth-order valence-corrected chi connectivity index (χ4v) is 2.69. The van der Waals surface area contributed by atoms with Gasteiger partial charge in [0.1, 0.15) is 5.82 Å². The van der Waals surface area contributed by atoms with Crippen LogP contribution in [0.3, 0.4) is 0 Å². The molecule has 3 rings (SSSR count). The van der Waals surface area contributed by atoms with Crippen molar-refractivity contribution >= 4 is 17.5 Å². The average molecular weight is 375 g/mol. The van der Waals surface area contributed by atoms with Crippen molar-refractivity contribution in [1.82, 2.24) is 9.78 Å². The molecular weight excluding hydrogens is 359 g/mol. The zero-order valence-corrected chi connectivity index (χ0v) is 14.5. The van der Waals surface area contributed by atoms with Crippen molar-refractivity contribution in [3.63, 3.8) is 0 Å². The zero-order valence-electron chi connectivity index (χ0n) is 14.5. The molecule has 0 aliphatic carbocycles. The molecule has 1 heterocycles. The van der Waals surface area contributed by atoms with Crippen LogP contribution in [0.5, 0.6) is 0 Å². The first kappa shape index (κ1) is 18.5. The number of para-hydroxylation sites is 2. The maximum atomic E-state index is 13.4. The molecule has 0 fully saturated rings. The molecule has 0 spiro atoms. The van der Waals surface area contributed by atoms with Crippen LogP contribution in [0.1, 0.15) is 21.6 Å². The summed E-state index contributed by atoms with van der Waals surface area (Å²) in [6.45, 7) is 1.67. The van der Waals surface area contributed by atoms with Crippen LogP contribution in [0, 0.1) is 6.92 Å². The molecule has 2 aromatic carbocycles. The number of rotatable bonds is 4. The SMILES string of the molecule is COC(=O)c1ccccc1Nc1cc(C)nn1-c1ccccc1C(F)(F)F. The maximum Gasteiger partial charge on any atom is 0.418 e. The fraction of sp³-hybridized carbons (Fsp3) is 0.158. The minimum absolute atomic E-state index is 0.115. The van der Waals surface area contributed by atoms with Gasteiger partial charge in [0.05, 0.1) is 35.3 Å². The number of alkyl halides is 3. The summed E-state index contributed by atoms with van der Waals surface area (Å²) < 4.78 is 46.1. The summed E-state index contributed by atoms with van der Waals surface area (Å²) in [7, 11) is 1.26. The van der Waals surface area contributed by atoms with Gasteiger partial charge in [0, 0.05) is 6.07 Å². The molecule has 8 heteroatoms. The molecule has 27 heavy (non-hydrogen) atoms. The predicted molar refractivity (Wildman–Crippen MR) is 94.4 cm³/mol. The first-order chi connectivity index (χ1) is 12.8. The molecule has 0 aliphatic heterocycles. The van der Waals surface area contributed by atoms with Gasteiger partial charge < -0.3 is 10.1 Å². The largest absolute Gasteiger partial charge is 0.465 e. The van der Waals surface area contributed by atoms with Crippen LogP contribution >= 0.6 is 0 Å². The maximum absolute atomic E-state index is 13.4. The molecule has 0 radical (unpaired) electrons. The summed E-state index contributed by atoms with van der Waals surface area (Å²) in [5, 5.41) is 7.17. The molecule has 3 aromatic rings. The lowest BCUT2D eigenvalue weighted by atomic mass is 10.1. The van der Waals surface area contributed by atoms with E-state index >= 15 is 0 Å². The van der Waals surface area contributed by atoms with Gasteiger partial charge in [-0.05, 0) is 31.2 Å². The minimum Gasteiger partial charge on any atom is -0.465 e. The van der Waals surface area contributed by atoms with Crippen molar-refractivity contribution in [1.29, 1.82) is 0 Å². The molecule has 5 nitrogen and oxygen atoms in total. The van der Waals surface area contributed by atoms with Crippen LogP contribution < -0.4 is 5.32 Å². The molecule has 0 bridgehead atoms. The van der Waals surface area contributed by atoms with Crippen molar-refractivity contribution in [2.75, 3.05) is 12.4 Å². The Kier molecular flexibility index (Phi) is 4.89. The highest BCUT2D eigenvalue weighted by atomic mass is 19.4. The lowest BCUT2D eigenvalue weighted by Crippen LogP contribution is -2.13. The Labute approximate surface area is 153 Å². The van der Waals surface area contributed by atoms with Gasteiger partial charge >= 0.3 is 12.1 Å². The van der Waals surface area contributed by atoms with Gasteiger partial charge in [-0.3, -0.25) is 0 Å². The standard InChI is InChI=1S/C19H16F3N3O2/c1-12-11-17(23-15-9-5-3-7-13(15)18(26)27-2)25(24-12)16-10-6-4-8-14(16)19(20,21)22/h3-11,23H,1-2H3. The van der Waals surface area contributed by atoms with E-state index in [1.54, 1.807) is 37.3 Å². The second-order valence-electron chi connectivity index (χ2n) is 5.76. The number of methoxy groups -OCH3 is 1. The van der Waals surface area contributed by atoms with Crippen LogP contribution in [0.4, 0.5) is 24.7 Å². The molecule has 0 atom stereocenters. The Bertz CT molecular complexity index is 980. The second kappa shape index (κ2) is 7.14. The number of esters is 1. The normalized spacial score (nSPS) is 11.3. The van der Waals surface area contributed by atoms with Gasteiger partial charge in [0.2, 0.25) is 0 Å². The Morgan fingerprint density at radius 3 is 2.48 bits per heavy atom. The van der Waals surface area contributed by atoms with Gasteiger partial charge in [-0.25, -0.2) is 9.48 Å². The first-order valence-electron chi connectivity index (χ1n) is 7.99. The number of carbonyl (C=O) groups is 1. The lowest BCUT2D eigenvalue weighted by Gasteiger charge is -2.16. The van der Waals surface area contributed by atoms with E-state index in [0.29, 0.717) is 17.2 Å². The van der Waals surface area contributed by atoms with Gasteiger partial charge in [0.15, 0.2) is 0 Å². The molecule has 0 saturated heterocycles. The number of hydrogen-bond donors (Lipinski definition) is 1. The number of halogens is 3. The first-order valence-corrected chi connectivity index (χ1v) is 7.99. The van der Waals surface area contributed by atoms with E-state index in [4.69, 9.17) is 4.74 Å². The highest BCUT2D eigenvalue weighted by Crippen LogP contribution is 2.35. The molecule has 1 aromatic heterocycles. The molecule has 0 saturated carbocycles. The number of hydrogen-bond acceptors (Lipinski definition) is 4. The highest BCUT2D eigenvalue weighted by molar-refractivity contribution is 5.96. The van der Waals surface area contributed by atoms with Crippen molar-refractivity contribution in [2.45, 2.75) is 13.1 Å². The van der Waals surface area contributed by atoms with E-state index < -0.39 is 17.7 Å². The number of anilines is 2. The Morgan fingerprint density at radius 2 is 1.78 bits per heavy atom. The molecule has 1 N–H and O–H groups in total. The van der Waals surface area contributed by atoms with Gasteiger partial charge in [-0.15, -0.1) is 0 Å². The van der Waals surface area contributed by atoms with Crippen LogP contribution in [-0.4, -0.2) is 22.9 Å². The summed E-state index contributed by atoms with van der Waals surface area (Å²) in [5.74, 6) is -0.267. The van der Waals surface area contributed by atoms with Crippen LogP contribution in [-0.2, 0) is 10.9 Å². The van der Waals surface area contributed by atoms with Crippen LogP contribution in [0.25, 0.3) is 5.69 Å². The second-order valence-corrected chi connectivity index (χ2v) is 5.76. The van der Waals surface area contributed by atoms with E-state index in [0.717, 1.165) is 6.07 Å². The summed E-state index contributed by atoms with van der Waals surface area (Å²) >= 11 is 0. The Morgan fingerprint density at radius 1 is 1.11 bits per heavy atom. The average Bonchev–Trinajstić information content (AvgIpc) is 3.01. The van der Waals surface area contributed by atoms with Crippen molar-refractivity contribution < 1.29 is 22.7 Å². The van der Waals surface area contributed by atoms with Gasteiger partial charge in [-0.2, -0.15) is 18.3 Å². The molecule has 0 unspecified atom stereocenters. The number of benzene rings is 2.